The van der Waals surface area contributed by atoms with Crippen LogP contribution >= 0.6 is 0 Å². The number of rotatable bonds is 1. The molecule has 13 heavy (non-hydrogen) atoms. The monoisotopic (exact) mass is 178 g/mol. The first-order valence-corrected chi connectivity index (χ1v) is 4.52. The normalized spacial score (nSPS) is 11.8. The molecule has 0 bridgehead atoms. The molecule has 0 aliphatic heterocycles. The second kappa shape index (κ2) is 3.02. The van der Waals surface area contributed by atoms with Gasteiger partial charge in [-0.25, -0.2) is 0 Å². The third kappa shape index (κ3) is 2.00. The van der Waals surface area contributed by atoms with Gasteiger partial charge in [-0.15, -0.1) is 0 Å². The van der Waals surface area contributed by atoms with E-state index in [1.165, 1.54) is 5.56 Å². The molecule has 0 aliphatic rings. The van der Waals surface area contributed by atoms with E-state index in [9.17, 15) is 0 Å². The minimum Gasteiger partial charge on any atom is -0.275 e. The molecule has 1 rings (SSSR count). The summed E-state index contributed by atoms with van der Waals surface area (Å²) in [6, 6.07) is 0. The van der Waals surface area contributed by atoms with Gasteiger partial charge in [-0.3, -0.25) is 4.68 Å². The summed E-state index contributed by atoms with van der Waals surface area (Å²) in [4.78, 5) is 0. The topological polar surface area (TPSA) is 17.8 Å². The first-order valence-electron chi connectivity index (χ1n) is 4.52. The van der Waals surface area contributed by atoms with Crippen molar-refractivity contribution in [2.45, 2.75) is 33.1 Å². The summed E-state index contributed by atoms with van der Waals surface area (Å²) in [5.41, 5.74) is 3.48. The highest BCUT2D eigenvalue weighted by molar-refractivity contribution is 5.63. The zero-order valence-electron chi connectivity index (χ0n) is 9.18. The Kier molecular flexibility index (Phi) is 2.33. The largest absolute Gasteiger partial charge is 0.275 e. The zero-order chi connectivity index (χ0) is 10.2. The third-order valence-corrected chi connectivity index (χ3v) is 2.00. The summed E-state index contributed by atoms with van der Waals surface area (Å²) in [5, 5.41) is 4.46. The Bertz CT molecular complexity index is 326. The van der Waals surface area contributed by atoms with Crippen molar-refractivity contribution in [1.82, 2.24) is 9.78 Å². The lowest BCUT2D eigenvalue weighted by Gasteiger charge is -2.17. The lowest BCUT2D eigenvalue weighted by atomic mass is 9.88. The molecule has 0 radical (unpaired) electrons. The van der Waals surface area contributed by atoms with E-state index in [0.717, 1.165) is 11.3 Å². The zero-order valence-corrected chi connectivity index (χ0v) is 9.18. The predicted octanol–water partition coefficient (Wildman–Crippen LogP) is 2.75. The van der Waals surface area contributed by atoms with Gasteiger partial charge < -0.3 is 0 Å². The van der Waals surface area contributed by atoms with Crippen LogP contribution in [0.4, 0.5) is 0 Å². The van der Waals surface area contributed by atoms with Crippen molar-refractivity contribution < 1.29 is 0 Å². The van der Waals surface area contributed by atoms with Crippen LogP contribution in [0.3, 0.4) is 0 Å². The summed E-state index contributed by atoms with van der Waals surface area (Å²) in [6.45, 7) is 12.5. The van der Waals surface area contributed by atoms with Crippen molar-refractivity contribution in [3.05, 3.63) is 24.0 Å². The maximum Gasteiger partial charge on any atom is 0.0752 e. The fraction of sp³-hybridized carbons (Fsp3) is 0.545. The van der Waals surface area contributed by atoms with Crippen LogP contribution in [-0.2, 0) is 12.5 Å². The van der Waals surface area contributed by atoms with Gasteiger partial charge in [0, 0.05) is 24.2 Å². The Hall–Kier alpha value is -1.05. The van der Waals surface area contributed by atoms with Gasteiger partial charge in [-0.1, -0.05) is 27.4 Å². The van der Waals surface area contributed by atoms with Gasteiger partial charge in [0.05, 0.1) is 5.69 Å². The predicted molar refractivity (Wildman–Crippen MR) is 56.6 cm³/mol. The molecular formula is C11H18N2. The van der Waals surface area contributed by atoms with E-state index in [4.69, 9.17) is 0 Å². The van der Waals surface area contributed by atoms with Crippen LogP contribution in [0.25, 0.3) is 5.57 Å². The molecule has 0 saturated heterocycles. The summed E-state index contributed by atoms with van der Waals surface area (Å²) in [7, 11) is 1.95. The lowest BCUT2D eigenvalue weighted by molar-refractivity contribution is 0.552. The van der Waals surface area contributed by atoms with Gasteiger partial charge in [-0.2, -0.15) is 5.10 Å². The molecule has 0 amide bonds. The maximum absolute atomic E-state index is 4.46. The molecule has 0 unspecified atom stereocenters. The van der Waals surface area contributed by atoms with Gasteiger partial charge in [0.25, 0.3) is 0 Å². The summed E-state index contributed by atoms with van der Waals surface area (Å²) in [5.74, 6) is 0. The minimum atomic E-state index is 0.0928. The fourth-order valence-corrected chi connectivity index (χ4v) is 1.35. The van der Waals surface area contributed by atoms with Crippen molar-refractivity contribution in [1.29, 1.82) is 0 Å². The number of allylic oxidation sites excluding steroid dienone is 1. The van der Waals surface area contributed by atoms with Gasteiger partial charge in [-0.05, 0) is 12.5 Å². The number of hydrogen-bond donors (Lipinski definition) is 0. The summed E-state index contributed by atoms with van der Waals surface area (Å²) >= 11 is 0. The second-order valence-electron chi connectivity index (χ2n) is 4.60. The van der Waals surface area contributed by atoms with Crippen LogP contribution in [0.1, 0.15) is 39.0 Å². The van der Waals surface area contributed by atoms with Gasteiger partial charge >= 0.3 is 0 Å². The van der Waals surface area contributed by atoms with Crippen LogP contribution in [-0.4, -0.2) is 9.78 Å². The minimum absolute atomic E-state index is 0.0928. The summed E-state index contributed by atoms with van der Waals surface area (Å²) in [6.07, 6.45) is 2.03. The number of nitrogens with zero attached hydrogens (tertiary/aromatic N) is 2. The van der Waals surface area contributed by atoms with Crippen molar-refractivity contribution in [3.63, 3.8) is 0 Å². The Morgan fingerprint density at radius 1 is 1.46 bits per heavy atom. The Morgan fingerprint density at radius 3 is 2.31 bits per heavy atom. The molecule has 0 aliphatic carbocycles. The third-order valence-electron chi connectivity index (χ3n) is 2.00. The van der Waals surface area contributed by atoms with E-state index in [1.807, 2.05) is 24.9 Å². The smallest absolute Gasteiger partial charge is 0.0752 e. The number of hydrogen-bond acceptors (Lipinski definition) is 1. The van der Waals surface area contributed by atoms with E-state index in [2.05, 4.69) is 32.4 Å². The van der Waals surface area contributed by atoms with Crippen LogP contribution in [0.5, 0.6) is 0 Å². The highest BCUT2D eigenvalue weighted by atomic mass is 15.3. The van der Waals surface area contributed by atoms with Crippen molar-refractivity contribution in [3.8, 4) is 0 Å². The van der Waals surface area contributed by atoms with E-state index in [0.29, 0.717) is 0 Å². The van der Waals surface area contributed by atoms with Crippen LogP contribution < -0.4 is 0 Å². The molecule has 0 spiro atoms. The molecule has 2 nitrogen and oxygen atoms in total. The molecule has 0 aromatic carbocycles. The number of aromatic nitrogens is 2. The molecule has 1 aromatic rings. The number of aryl methyl sites for hydroxylation is 1. The Morgan fingerprint density at radius 2 is 2.00 bits per heavy atom. The lowest BCUT2D eigenvalue weighted by Crippen LogP contribution is -2.14. The summed E-state index contributed by atoms with van der Waals surface area (Å²) < 4.78 is 1.85. The fourth-order valence-electron chi connectivity index (χ4n) is 1.35. The van der Waals surface area contributed by atoms with Gasteiger partial charge in [0.2, 0.25) is 0 Å². The second-order valence-corrected chi connectivity index (χ2v) is 4.60. The molecule has 1 aromatic heterocycles. The standard InChI is InChI=1S/C11H18N2/c1-8(2)9-7-13(6)12-10(9)11(3,4)5/h7H,1H2,2-6H3. The molecule has 0 N–H and O–H groups in total. The molecule has 1 heterocycles. The van der Waals surface area contributed by atoms with Crippen LogP contribution in [0.2, 0.25) is 0 Å². The highest BCUT2D eigenvalue weighted by Gasteiger charge is 2.21. The first kappa shape index (κ1) is 10.0. The van der Waals surface area contributed by atoms with E-state index >= 15 is 0 Å². The van der Waals surface area contributed by atoms with Gasteiger partial charge in [0.1, 0.15) is 0 Å². The molecule has 0 atom stereocenters. The average Bonchev–Trinajstić information content (AvgIpc) is 2.29. The molecule has 2 heteroatoms. The highest BCUT2D eigenvalue weighted by Crippen LogP contribution is 2.27. The molecular weight excluding hydrogens is 160 g/mol. The van der Waals surface area contributed by atoms with E-state index in [1.54, 1.807) is 0 Å². The average molecular weight is 178 g/mol. The van der Waals surface area contributed by atoms with Gasteiger partial charge in [0.15, 0.2) is 0 Å². The van der Waals surface area contributed by atoms with Crippen molar-refractivity contribution in [2.24, 2.45) is 7.05 Å². The van der Waals surface area contributed by atoms with Crippen LogP contribution in [0, 0.1) is 0 Å². The molecule has 0 saturated carbocycles. The quantitative estimate of drug-likeness (QED) is 0.646. The van der Waals surface area contributed by atoms with Crippen molar-refractivity contribution >= 4 is 5.57 Å². The van der Waals surface area contributed by atoms with E-state index in [-0.39, 0.29) is 5.41 Å². The van der Waals surface area contributed by atoms with Crippen LogP contribution in [0.15, 0.2) is 12.8 Å². The van der Waals surface area contributed by atoms with Crippen molar-refractivity contribution in [2.75, 3.05) is 0 Å². The molecule has 0 fully saturated rings. The van der Waals surface area contributed by atoms with E-state index < -0.39 is 0 Å². The Balaban J connectivity index is 3.28. The maximum atomic E-state index is 4.46. The Labute approximate surface area is 80.3 Å². The SMILES string of the molecule is C=C(C)c1cn(C)nc1C(C)(C)C. The first-order chi connectivity index (χ1) is 5.82. The molecule has 72 valence electrons.